The Hall–Kier alpha value is -2.35. The van der Waals surface area contributed by atoms with Crippen LogP contribution in [0.4, 0.5) is 20.2 Å². The summed E-state index contributed by atoms with van der Waals surface area (Å²) < 4.78 is 51.8. The highest BCUT2D eigenvalue weighted by molar-refractivity contribution is 7.92. The Balaban J connectivity index is 2.35. The van der Waals surface area contributed by atoms with Crippen molar-refractivity contribution in [1.29, 1.82) is 0 Å². The van der Waals surface area contributed by atoms with Crippen LogP contribution in [-0.2, 0) is 10.0 Å². The number of halogens is 2. The van der Waals surface area contributed by atoms with E-state index in [1.54, 1.807) is 0 Å². The van der Waals surface area contributed by atoms with Gasteiger partial charge in [-0.05, 0) is 30.3 Å². The van der Waals surface area contributed by atoms with E-state index in [0.29, 0.717) is 0 Å². The van der Waals surface area contributed by atoms with Crippen molar-refractivity contribution >= 4 is 21.4 Å². The highest BCUT2D eigenvalue weighted by Crippen LogP contribution is 2.25. The topological polar surface area (TPSA) is 92.4 Å². The molecule has 2 rings (SSSR count). The summed E-state index contributed by atoms with van der Waals surface area (Å²) >= 11 is 0. The molecule has 0 fully saturated rings. The first-order chi connectivity index (χ1) is 9.29. The Labute approximate surface area is 113 Å². The van der Waals surface area contributed by atoms with E-state index in [0.717, 1.165) is 36.4 Å². The summed E-state index contributed by atoms with van der Waals surface area (Å²) in [5.41, 5.74) is 5.16. The first-order valence-corrected chi connectivity index (χ1v) is 6.84. The number of nitrogen functional groups attached to an aromatic ring is 1. The molecule has 0 amide bonds. The highest BCUT2D eigenvalue weighted by atomic mass is 32.2. The van der Waals surface area contributed by atoms with Gasteiger partial charge in [0.1, 0.15) is 5.75 Å². The van der Waals surface area contributed by atoms with Gasteiger partial charge in [0.05, 0.1) is 16.3 Å². The van der Waals surface area contributed by atoms with Crippen LogP contribution in [-0.4, -0.2) is 13.5 Å². The molecule has 0 aliphatic carbocycles. The predicted octanol–water partition coefficient (Wildman–Crippen LogP) is 2.05. The molecule has 0 saturated heterocycles. The standard InChI is InChI=1S/C12H10F2N2O3S/c13-9-3-1-7(5-10(9)14)16-20(18,19)8-2-4-12(17)11(15)6-8/h1-6,16-17H,15H2. The fourth-order valence-electron chi connectivity index (χ4n) is 1.47. The molecule has 106 valence electrons. The quantitative estimate of drug-likeness (QED) is 0.597. The van der Waals surface area contributed by atoms with Crippen LogP contribution in [0.15, 0.2) is 41.3 Å². The van der Waals surface area contributed by atoms with Crippen LogP contribution in [0.2, 0.25) is 0 Å². The maximum Gasteiger partial charge on any atom is 0.261 e. The molecule has 0 spiro atoms. The Morgan fingerprint density at radius 1 is 1.05 bits per heavy atom. The average molecular weight is 300 g/mol. The predicted molar refractivity (Wildman–Crippen MR) is 69.7 cm³/mol. The van der Waals surface area contributed by atoms with Crippen molar-refractivity contribution in [3.63, 3.8) is 0 Å². The minimum Gasteiger partial charge on any atom is -0.506 e. The number of phenols is 1. The summed E-state index contributed by atoms with van der Waals surface area (Å²) in [5.74, 6) is -2.51. The molecule has 0 aromatic heterocycles. The minimum absolute atomic E-state index is 0.113. The second kappa shape index (κ2) is 4.97. The molecule has 2 aromatic rings. The number of hydrogen-bond donors (Lipinski definition) is 3. The second-order valence-electron chi connectivity index (χ2n) is 3.96. The Morgan fingerprint density at radius 2 is 1.75 bits per heavy atom. The van der Waals surface area contributed by atoms with Crippen LogP contribution < -0.4 is 10.5 Å². The third-order valence-electron chi connectivity index (χ3n) is 2.48. The molecule has 0 unspecified atom stereocenters. The molecule has 2 aromatic carbocycles. The van der Waals surface area contributed by atoms with E-state index in [-0.39, 0.29) is 22.0 Å². The Bertz CT molecular complexity index is 763. The largest absolute Gasteiger partial charge is 0.506 e. The number of aromatic hydroxyl groups is 1. The second-order valence-corrected chi connectivity index (χ2v) is 5.64. The summed E-state index contributed by atoms with van der Waals surface area (Å²) in [5, 5.41) is 9.23. The van der Waals surface area contributed by atoms with Crippen LogP contribution in [0.3, 0.4) is 0 Å². The van der Waals surface area contributed by atoms with Crippen molar-refractivity contribution < 1.29 is 22.3 Å². The van der Waals surface area contributed by atoms with Crippen molar-refractivity contribution in [2.45, 2.75) is 4.90 Å². The maximum absolute atomic E-state index is 13.0. The lowest BCUT2D eigenvalue weighted by Crippen LogP contribution is -2.13. The van der Waals surface area contributed by atoms with Gasteiger partial charge < -0.3 is 10.8 Å². The summed E-state index contributed by atoms with van der Waals surface area (Å²) in [6.45, 7) is 0. The van der Waals surface area contributed by atoms with Gasteiger partial charge in [-0.2, -0.15) is 0 Å². The number of anilines is 2. The summed E-state index contributed by atoms with van der Waals surface area (Å²) in [7, 11) is -4.01. The number of hydrogen-bond acceptors (Lipinski definition) is 4. The third-order valence-corrected chi connectivity index (χ3v) is 3.86. The molecule has 0 aliphatic heterocycles. The lowest BCUT2D eigenvalue weighted by atomic mass is 10.3. The van der Waals surface area contributed by atoms with Gasteiger partial charge >= 0.3 is 0 Å². The van der Waals surface area contributed by atoms with Crippen LogP contribution >= 0.6 is 0 Å². The van der Waals surface area contributed by atoms with Crippen LogP contribution in [0.25, 0.3) is 0 Å². The maximum atomic E-state index is 13.0. The van der Waals surface area contributed by atoms with E-state index in [4.69, 9.17) is 5.73 Å². The smallest absolute Gasteiger partial charge is 0.261 e. The molecule has 0 aliphatic rings. The monoisotopic (exact) mass is 300 g/mol. The first kappa shape index (κ1) is 14.1. The van der Waals surface area contributed by atoms with Crippen molar-refractivity contribution in [2.75, 3.05) is 10.5 Å². The zero-order valence-corrected chi connectivity index (χ0v) is 10.8. The Kier molecular flexibility index (Phi) is 3.49. The summed E-state index contributed by atoms with van der Waals surface area (Å²) in [6, 6.07) is 5.91. The van der Waals surface area contributed by atoms with Gasteiger partial charge in [0.15, 0.2) is 11.6 Å². The number of benzene rings is 2. The van der Waals surface area contributed by atoms with Crippen molar-refractivity contribution in [1.82, 2.24) is 0 Å². The molecule has 0 saturated carbocycles. The highest BCUT2D eigenvalue weighted by Gasteiger charge is 2.16. The number of phenolic OH excluding ortho intramolecular Hbond substituents is 1. The van der Waals surface area contributed by atoms with Gasteiger partial charge in [-0.25, -0.2) is 17.2 Å². The van der Waals surface area contributed by atoms with E-state index in [1.807, 2.05) is 0 Å². The molecule has 0 atom stereocenters. The van der Waals surface area contributed by atoms with Crippen LogP contribution in [0, 0.1) is 11.6 Å². The molecular weight excluding hydrogens is 290 g/mol. The first-order valence-electron chi connectivity index (χ1n) is 5.36. The van der Waals surface area contributed by atoms with Gasteiger partial charge in [0.25, 0.3) is 10.0 Å². The van der Waals surface area contributed by atoms with E-state index < -0.39 is 21.7 Å². The van der Waals surface area contributed by atoms with E-state index in [2.05, 4.69) is 4.72 Å². The normalized spacial score (nSPS) is 11.3. The molecular formula is C12H10F2N2O3S. The summed E-state index contributed by atoms with van der Waals surface area (Å²) in [6.07, 6.45) is 0. The van der Waals surface area contributed by atoms with Gasteiger partial charge in [-0.1, -0.05) is 0 Å². The Morgan fingerprint density at radius 3 is 2.35 bits per heavy atom. The van der Waals surface area contributed by atoms with Gasteiger partial charge in [-0.15, -0.1) is 0 Å². The third kappa shape index (κ3) is 2.80. The fraction of sp³-hybridized carbons (Fsp3) is 0. The van der Waals surface area contributed by atoms with Crippen molar-refractivity contribution in [2.24, 2.45) is 0 Å². The minimum atomic E-state index is -4.01. The number of nitrogens with one attached hydrogen (secondary N) is 1. The van der Waals surface area contributed by atoms with Crippen molar-refractivity contribution in [3.8, 4) is 5.75 Å². The average Bonchev–Trinajstić information content (AvgIpc) is 2.37. The molecule has 0 radical (unpaired) electrons. The van der Waals surface area contributed by atoms with Gasteiger partial charge in [0.2, 0.25) is 0 Å². The molecule has 8 heteroatoms. The van der Waals surface area contributed by atoms with E-state index in [1.165, 1.54) is 0 Å². The van der Waals surface area contributed by atoms with Gasteiger partial charge in [0, 0.05) is 6.07 Å². The number of nitrogens with two attached hydrogens (primary N) is 1. The lowest BCUT2D eigenvalue weighted by Gasteiger charge is -2.09. The molecule has 0 bridgehead atoms. The number of rotatable bonds is 3. The molecule has 20 heavy (non-hydrogen) atoms. The van der Waals surface area contributed by atoms with Crippen LogP contribution in [0.5, 0.6) is 5.75 Å². The zero-order valence-electron chi connectivity index (χ0n) is 9.97. The number of sulfonamides is 1. The lowest BCUT2D eigenvalue weighted by molar-refractivity contribution is 0.477. The van der Waals surface area contributed by atoms with E-state index >= 15 is 0 Å². The molecule has 0 heterocycles. The zero-order chi connectivity index (χ0) is 14.9. The van der Waals surface area contributed by atoms with Gasteiger partial charge in [-0.3, -0.25) is 4.72 Å². The molecule has 4 N–H and O–H groups in total. The van der Waals surface area contributed by atoms with Crippen molar-refractivity contribution in [3.05, 3.63) is 48.0 Å². The van der Waals surface area contributed by atoms with E-state index in [9.17, 15) is 22.3 Å². The fourth-order valence-corrected chi connectivity index (χ4v) is 2.56. The van der Waals surface area contributed by atoms with Crippen LogP contribution in [0.1, 0.15) is 0 Å². The summed E-state index contributed by atoms with van der Waals surface area (Å²) in [4.78, 5) is -0.211. The SMILES string of the molecule is Nc1cc(S(=O)(=O)Nc2ccc(F)c(F)c2)ccc1O. The molecule has 5 nitrogen and oxygen atoms in total.